The summed E-state index contributed by atoms with van der Waals surface area (Å²) in [4.78, 5) is 0. The molecule has 0 bridgehead atoms. The van der Waals surface area contributed by atoms with Crippen molar-refractivity contribution in [1.29, 1.82) is 0 Å². The van der Waals surface area contributed by atoms with Crippen LogP contribution in [0, 0.1) is 0 Å². The predicted octanol–water partition coefficient (Wildman–Crippen LogP) is 5.63. The van der Waals surface area contributed by atoms with Crippen LogP contribution in [-0.4, -0.2) is 10.2 Å². The van der Waals surface area contributed by atoms with Gasteiger partial charge in [0.25, 0.3) is 0 Å². The zero-order valence-electron chi connectivity index (χ0n) is 13.6. The van der Waals surface area contributed by atoms with Crippen LogP contribution < -0.4 is 0 Å². The first-order chi connectivity index (χ1) is 12.2. The molecule has 2 nitrogen and oxygen atoms in total. The second kappa shape index (κ2) is 6.42. The normalized spacial score (nSPS) is 13.2. The summed E-state index contributed by atoms with van der Waals surface area (Å²) in [7, 11) is 0. The number of benzene rings is 4. The molecule has 2 heteroatoms. The Morgan fingerprint density at radius 1 is 0.680 bits per heavy atom. The third-order valence-corrected chi connectivity index (χ3v) is 4.48. The molecular weight excluding hydrogens is 308 g/mol. The minimum absolute atomic E-state index is 0.0754. The van der Waals surface area contributed by atoms with Crippen LogP contribution in [0.1, 0.15) is 17.2 Å². The van der Waals surface area contributed by atoms with Gasteiger partial charge in [0.2, 0.25) is 0 Å². The van der Waals surface area contributed by atoms with Crippen LogP contribution in [-0.2, 0) is 0 Å². The quantitative estimate of drug-likeness (QED) is 0.479. The summed E-state index contributed by atoms with van der Waals surface area (Å²) in [5.74, 6) is 0.0754. The Balaban J connectivity index is 1.67. The number of aliphatic hydroxyl groups is 2. The highest BCUT2D eigenvalue weighted by atomic mass is 16.3. The van der Waals surface area contributed by atoms with Crippen LogP contribution in [0.5, 0.6) is 0 Å². The molecule has 0 fully saturated rings. The van der Waals surface area contributed by atoms with Gasteiger partial charge in [0.05, 0.1) is 0 Å². The summed E-state index contributed by atoms with van der Waals surface area (Å²) in [6.07, 6.45) is 0.616. The zero-order valence-corrected chi connectivity index (χ0v) is 13.6. The predicted molar refractivity (Wildman–Crippen MR) is 103 cm³/mol. The molecule has 0 aliphatic carbocycles. The van der Waals surface area contributed by atoms with E-state index in [0.717, 1.165) is 27.1 Å². The van der Waals surface area contributed by atoms with Crippen molar-refractivity contribution in [3.63, 3.8) is 0 Å². The van der Waals surface area contributed by atoms with E-state index >= 15 is 0 Å². The van der Waals surface area contributed by atoms with Crippen molar-refractivity contribution in [2.75, 3.05) is 0 Å². The fourth-order valence-electron chi connectivity index (χ4n) is 3.08. The fourth-order valence-corrected chi connectivity index (χ4v) is 3.08. The van der Waals surface area contributed by atoms with Crippen LogP contribution in [0.4, 0.5) is 0 Å². The number of rotatable bonds is 3. The highest BCUT2D eigenvalue weighted by Crippen LogP contribution is 2.25. The second-order valence-electron chi connectivity index (χ2n) is 6.17. The Bertz CT molecular complexity index is 1080. The Morgan fingerprint density at radius 2 is 1.24 bits per heavy atom. The highest BCUT2D eigenvalue weighted by molar-refractivity contribution is 5.86. The smallest absolute Gasteiger partial charge is 0.121 e. The molecule has 0 heterocycles. The SMILES string of the molecule is O/C(=C\C(O)c1ccc2ccccc2c1)c1ccc2ccccc2c1. The first kappa shape index (κ1) is 15.4. The van der Waals surface area contributed by atoms with Gasteiger partial charge in [-0.25, -0.2) is 0 Å². The van der Waals surface area contributed by atoms with E-state index in [1.807, 2.05) is 84.9 Å². The van der Waals surface area contributed by atoms with Gasteiger partial charge < -0.3 is 10.2 Å². The van der Waals surface area contributed by atoms with Crippen LogP contribution >= 0.6 is 0 Å². The van der Waals surface area contributed by atoms with Gasteiger partial charge in [-0.15, -0.1) is 0 Å². The van der Waals surface area contributed by atoms with E-state index in [0.29, 0.717) is 5.56 Å². The molecule has 0 saturated heterocycles. The average molecular weight is 326 g/mol. The number of aliphatic hydroxyl groups excluding tert-OH is 2. The van der Waals surface area contributed by atoms with Gasteiger partial charge in [-0.05, 0) is 45.3 Å². The van der Waals surface area contributed by atoms with Crippen molar-refractivity contribution in [3.8, 4) is 0 Å². The molecule has 0 radical (unpaired) electrons. The first-order valence-electron chi connectivity index (χ1n) is 8.27. The Labute approximate surface area is 146 Å². The molecule has 0 aromatic heterocycles. The molecule has 4 rings (SSSR count). The Hall–Kier alpha value is -3.10. The summed E-state index contributed by atoms with van der Waals surface area (Å²) in [6.45, 7) is 0. The Kier molecular flexibility index (Phi) is 3.96. The molecule has 0 aliphatic heterocycles. The van der Waals surface area contributed by atoms with E-state index in [1.165, 1.54) is 6.08 Å². The summed E-state index contributed by atoms with van der Waals surface area (Å²) in [5.41, 5.74) is 1.45. The van der Waals surface area contributed by atoms with Crippen molar-refractivity contribution in [2.24, 2.45) is 0 Å². The van der Waals surface area contributed by atoms with Gasteiger partial charge in [0, 0.05) is 5.56 Å². The van der Waals surface area contributed by atoms with Crippen molar-refractivity contribution in [1.82, 2.24) is 0 Å². The van der Waals surface area contributed by atoms with E-state index in [9.17, 15) is 10.2 Å². The molecule has 4 aromatic rings. The molecule has 1 atom stereocenters. The van der Waals surface area contributed by atoms with E-state index < -0.39 is 6.10 Å². The molecule has 2 N–H and O–H groups in total. The zero-order chi connectivity index (χ0) is 17.2. The minimum atomic E-state index is -0.865. The van der Waals surface area contributed by atoms with E-state index in [4.69, 9.17) is 0 Å². The number of hydrogen-bond acceptors (Lipinski definition) is 2. The molecular formula is C23H18O2. The largest absolute Gasteiger partial charge is 0.508 e. The summed E-state index contributed by atoms with van der Waals surface area (Å²) in [6, 6.07) is 27.6. The summed E-state index contributed by atoms with van der Waals surface area (Å²) < 4.78 is 0. The van der Waals surface area contributed by atoms with Gasteiger partial charge in [-0.1, -0.05) is 72.8 Å². The van der Waals surface area contributed by atoms with Gasteiger partial charge in [0.1, 0.15) is 11.9 Å². The fraction of sp³-hybridized carbons (Fsp3) is 0.0435. The topological polar surface area (TPSA) is 40.5 Å². The van der Waals surface area contributed by atoms with E-state index in [1.54, 1.807) is 0 Å². The molecule has 0 amide bonds. The van der Waals surface area contributed by atoms with Crippen molar-refractivity contribution >= 4 is 27.3 Å². The molecule has 4 aromatic carbocycles. The van der Waals surface area contributed by atoms with Crippen LogP contribution in [0.15, 0.2) is 91.0 Å². The van der Waals surface area contributed by atoms with E-state index in [2.05, 4.69) is 0 Å². The maximum absolute atomic E-state index is 10.5. The minimum Gasteiger partial charge on any atom is -0.508 e. The monoisotopic (exact) mass is 326 g/mol. The molecule has 122 valence electrons. The number of fused-ring (bicyclic) bond motifs is 2. The van der Waals surface area contributed by atoms with Gasteiger partial charge in [0.15, 0.2) is 0 Å². The third-order valence-electron chi connectivity index (χ3n) is 4.48. The molecule has 1 unspecified atom stereocenters. The molecule has 25 heavy (non-hydrogen) atoms. The van der Waals surface area contributed by atoms with Crippen molar-refractivity contribution in [2.45, 2.75) is 6.10 Å². The second-order valence-corrected chi connectivity index (χ2v) is 6.17. The van der Waals surface area contributed by atoms with Crippen LogP contribution in [0.3, 0.4) is 0 Å². The lowest BCUT2D eigenvalue weighted by Crippen LogP contribution is -1.95. The van der Waals surface area contributed by atoms with Gasteiger partial charge >= 0.3 is 0 Å². The third kappa shape index (κ3) is 3.12. The maximum atomic E-state index is 10.5. The van der Waals surface area contributed by atoms with Crippen molar-refractivity contribution < 1.29 is 10.2 Å². The first-order valence-corrected chi connectivity index (χ1v) is 8.27. The number of hydrogen-bond donors (Lipinski definition) is 2. The van der Waals surface area contributed by atoms with Crippen LogP contribution in [0.25, 0.3) is 27.3 Å². The molecule has 0 spiro atoms. The standard InChI is InChI=1S/C23H18O2/c24-22(20-11-9-16-5-1-3-7-18(16)13-20)15-23(25)21-12-10-17-6-2-4-8-19(17)14-21/h1-15,22,24-25H/b23-15-. The lowest BCUT2D eigenvalue weighted by atomic mass is 10.0. The van der Waals surface area contributed by atoms with Crippen molar-refractivity contribution in [3.05, 3.63) is 102 Å². The Morgan fingerprint density at radius 3 is 1.92 bits per heavy atom. The average Bonchev–Trinajstić information content (AvgIpc) is 2.67. The molecule has 0 saturated carbocycles. The lowest BCUT2D eigenvalue weighted by molar-refractivity contribution is 0.227. The summed E-state index contributed by atoms with van der Waals surface area (Å²) in [5, 5.41) is 25.3. The lowest BCUT2D eigenvalue weighted by Gasteiger charge is -2.10. The maximum Gasteiger partial charge on any atom is 0.121 e. The van der Waals surface area contributed by atoms with Gasteiger partial charge in [-0.3, -0.25) is 0 Å². The molecule has 0 aliphatic rings. The van der Waals surface area contributed by atoms with E-state index in [-0.39, 0.29) is 5.76 Å². The van der Waals surface area contributed by atoms with Crippen LogP contribution in [0.2, 0.25) is 0 Å². The summed E-state index contributed by atoms with van der Waals surface area (Å²) >= 11 is 0. The highest BCUT2D eigenvalue weighted by Gasteiger charge is 2.09. The van der Waals surface area contributed by atoms with Gasteiger partial charge in [-0.2, -0.15) is 0 Å².